The fourth-order valence-electron chi connectivity index (χ4n) is 3.54. The average molecular weight is 397 g/mol. The van der Waals surface area contributed by atoms with Crippen LogP contribution in [0.15, 0.2) is 72.9 Å². The van der Waals surface area contributed by atoms with Crippen LogP contribution in [0.1, 0.15) is 21.6 Å². The Balaban J connectivity index is 1.32. The molecule has 3 aromatic rings. The monoisotopic (exact) mass is 397 g/mol. The first-order chi connectivity index (χ1) is 14.7. The third-order valence-corrected chi connectivity index (χ3v) is 5.17. The van der Waals surface area contributed by atoms with Gasteiger partial charge in [0.1, 0.15) is 5.69 Å². The molecule has 6 heteroatoms. The number of nitriles is 1. The van der Waals surface area contributed by atoms with Crippen LogP contribution in [0.25, 0.3) is 0 Å². The summed E-state index contributed by atoms with van der Waals surface area (Å²) in [6.45, 7) is 4.03. The Kier molecular flexibility index (Phi) is 6.02. The third-order valence-electron chi connectivity index (χ3n) is 5.17. The highest BCUT2D eigenvalue weighted by Crippen LogP contribution is 2.18. The minimum Gasteiger partial charge on any atom is -0.354 e. The Morgan fingerprint density at radius 3 is 2.47 bits per heavy atom. The van der Waals surface area contributed by atoms with Gasteiger partial charge in [-0.15, -0.1) is 0 Å². The van der Waals surface area contributed by atoms with E-state index in [1.165, 1.54) is 5.56 Å². The van der Waals surface area contributed by atoms with Gasteiger partial charge in [-0.25, -0.2) is 4.98 Å². The van der Waals surface area contributed by atoms with Crippen molar-refractivity contribution >= 4 is 17.3 Å². The Bertz CT molecular complexity index is 1040. The molecule has 0 unspecified atom stereocenters. The molecule has 6 nitrogen and oxygen atoms in total. The molecule has 0 radical (unpaired) electrons. The first kappa shape index (κ1) is 19.6. The van der Waals surface area contributed by atoms with Crippen LogP contribution in [-0.4, -0.2) is 46.9 Å². The fraction of sp³-hybridized carbons (Fsp3) is 0.208. The fourth-order valence-corrected chi connectivity index (χ4v) is 3.54. The van der Waals surface area contributed by atoms with Crippen molar-refractivity contribution in [1.82, 2.24) is 14.8 Å². The molecule has 1 amide bonds. The lowest BCUT2D eigenvalue weighted by atomic mass is 10.2. The van der Waals surface area contributed by atoms with Gasteiger partial charge in [0.15, 0.2) is 0 Å². The smallest absolute Gasteiger partial charge is 0.272 e. The highest BCUT2D eigenvalue weighted by atomic mass is 16.2. The molecule has 150 valence electrons. The molecule has 4 rings (SSSR count). The number of nitrogens with zero attached hydrogens (tertiary/aromatic N) is 4. The first-order valence-corrected chi connectivity index (χ1v) is 10.00. The largest absolute Gasteiger partial charge is 0.354 e. The maximum Gasteiger partial charge on any atom is 0.272 e. The normalized spacial score (nSPS) is 14.2. The number of rotatable bonds is 5. The molecule has 1 aliphatic rings. The van der Waals surface area contributed by atoms with Crippen molar-refractivity contribution in [2.24, 2.45) is 0 Å². The molecule has 0 spiro atoms. The number of pyridine rings is 1. The van der Waals surface area contributed by atoms with E-state index in [2.05, 4.69) is 45.5 Å². The van der Waals surface area contributed by atoms with E-state index in [1.807, 2.05) is 29.2 Å². The van der Waals surface area contributed by atoms with Crippen LogP contribution >= 0.6 is 0 Å². The van der Waals surface area contributed by atoms with E-state index in [0.717, 1.165) is 31.0 Å². The van der Waals surface area contributed by atoms with Gasteiger partial charge in [-0.1, -0.05) is 36.4 Å². The zero-order valence-corrected chi connectivity index (χ0v) is 16.7. The van der Waals surface area contributed by atoms with E-state index in [-0.39, 0.29) is 5.91 Å². The summed E-state index contributed by atoms with van der Waals surface area (Å²) in [5.74, 6) is -0.0348. The topological polar surface area (TPSA) is 72.3 Å². The Morgan fingerprint density at radius 2 is 1.77 bits per heavy atom. The summed E-state index contributed by atoms with van der Waals surface area (Å²) < 4.78 is 0. The summed E-state index contributed by atoms with van der Waals surface area (Å²) in [5.41, 5.74) is 3.91. The number of anilines is 2. The molecule has 1 aliphatic heterocycles. The lowest BCUT2D eigenvalue weighted by molar-refractivity contribution is 0.0623. The van der Waals surface area contributed by atoms with Gasteiger partial charge in [0.2, 0.25) is 0 Å². The molecule has 1 aromatic heterocycles. The Morgan fingerprint density at radius 1 is 0.967 bits per heavy atom. The van der Waals surface area contributed by atoms with Crippen molar-refractivity contribution in [3.63, 3.8) is 0 Å². The molecule has 1 saturated heterocycles. The van der Waals surface area contributed by atoms with Crippen LogP contribution in [0, 0.1) is 11.3 Å². The zero-order chi connectivity index (χ0) is 20.8. The minimum absolute atomic E-state index is 0.0348. The van der Waals surface area contributed by atoms with E-state index in [1.54, 1.807) is 24.4 Å². The van der Waals surface area contributed by atoms with Gasteiger partial charge in [0.25, 0.3) is 5.91 Å². The summed E-state index contributed by atoms with van der Waals surface area (Å²) in [6.07, 6.45) is 1.65. The van der Waals surface area contributed by atoms with Crippen molar-refractivity contribution in [2.75, 3.05) is 31.5 Å². The van der Waals surface area contributed by atoms with Crippen molar-refractivity contribution in [2.45, 2.75) is 6.54 Å². The number of hydrogen-bond donors (Lipinski definition) is 1. The Hall–Kier alpha value is -3.69. The highest BCUT2D eigenvalue weighted by Gasteiger charge is 2.22. The van der Waals surface area contributed by atoms with Gasteiger partial charge in [-0.3, -0.25) is 9.69 Å². The van der Waals surface area contributed by atoms with Crippen molar-refractivity contribution in [3.8, 4) is 6.07 Å². The molecule has 1 fully saturated rings. The van der Waals surface area contributed by atoms with E-state index in [4.69, 9.17) is 5.26 Å². The third kappa shape index (κ3) is 4.83. The van der Waals surface area contributed by atoms with E-state index in [0.29, 0.717) is 24.3 Å². The summed E-state index contributed by atoms with van der Waals surface area (Å²) >= 11 is 0. The van der Waals surface area contributed by atoms with Gasteiger partial charge < -0.3 is 10.2 Å². The van der Waals surface area contributed by atoms with E-state index in [9.17, 15) is 4.79 Å². The predicted octanol–water partition coefficient (Wildman–Crippen LogP) is 3.65. The van der Waals surface area contributed by atoms with Crippen LogP contribution in [0.5, 0.6) is 0 Å². The molecule has 0 atom stereocenters. The van der Waals surface area contributed by atoms with Crippen LogP contribution < -0.4 is 5.32 Å². The number of benzene rings is 2. The summed E-state index contributed by atoms with van der Waals surface area (Å²) in [4.78, 5) is 21.4. The molecular weight excluding hydrogens is 374 g/mol. The zero-order valence-electron chi connectivity index (χ0n) is 16.7. The maximum atomic E-state index is 12.8. The minimum atomic E-state index is -0.0348. The SMILES string of the molecule is N#Cc1cccc(Nc2ccc(C(=O)N3CCN(Cc4ccccc4)CC3)nc2)c1. The number of carbonyl (C=O) groups is 1. The van der Waals surface area contributed by atoms with E-state index < -0.39 is 0 Å². The van der Waals surface area contributed by atoms with Crippen molar-refractivity contribution < 1.29 is 4.79 Å². The van der Waals surface area contributed by atoms with Crippen LogP contribution in [0.2, 0.25) is 0 Å². The van der Waals surface area contributed by atoms with E-state index >= 15 is 0 Å². The van der Waals surface area contributed by atoms with Crippen LogP contribution in [-0.2, 0) is 6.54 Å². The van der Waals surface area contributed by atoms with Gasteiger partial charge in [0, 0.05) is 38.4 Å². The molecule has 2 aromatic carbocycles. The van der Waals surface area contributed by atoms with Crippen LogP contribution in [0.4, 0.5) is 11.4 Å². The van der Waals surface area contributed by atoms with Gasteiger partial charge in [0.05, 0.1) is 23.5 Å². The second-order valence-electron chi connectivity index (χ2n) is 7.30. The molecule has 30 heavy (non-hydrogen) atoms. The first-order valence-electron chi connectivity index (χ1n) is 10.00. The number of hydrogen-bond acceptors (Lipinski definition) is 5. The highest BCUT2D eigenvalue weighted by molar-refractivity contribution is 5.92. The summed E-state index contributed by atoms with van der Waals surface area (Å²) in [5, 5.41) is 12.2. The Labute approximate surface area is 176 Å². The average Bonchev–Trinajstić information content (AvgIpc) is 2.80. The van der Waals surface area contributed by atoms with Crippen molar-refractivity contribution in [1.29, 1.82) is 5.26 Å². The maximum absolute atomic E-state index is 12.8. The molecule has 0 saturated carbocycles. The lowest BCUT2D eigenvalue weighted by Crippen LogP contribution is -2.48. The van der Waals surface area contributed by atoms with Crippen LogP contribution in [0.3, 0.4) is 0 Å². The predicted molar refractivity (Wildman–Crippen MR) is 116 cm³/mol. The lowest BCUT2D eigenvalue weighted by Gasteiger charge is -2.34. The second kappa shape index (κ2) is 9.21. The standard InChI is InChI=1S/C24H23N5O/c25-16-20-7-4-8-21(15-20)27-22-9-10-23(26-17-22)24(30)29-13-11-28(12-14-29)18-19-5-2-1-3-6-19/h1-10,15,17,27H,11-14,18H2. The number of aromatic nitrogens is 1. The molecule has 2 heterocycles. The molecular formula is C24H23N5O. The summed E-state index contributed by atoms with van der Waals surface area (Å²) in [6, 6.07) is 23.3. The number of carbonyl (C=O) groups excluding carboxylic acids is 1. The van der Waals surface area contributed by atoms with Crippen molar-refractivity contribution in [3.05, 3.63) is 89.7 Å². The molecule has 0 bridgehead atoms. The van der Waals surface area contributed by atoms with Gasteiger partial charge in [-0.2, -0.15) is 5.26 Å². The number of piperazine rings is 1. The number of nitrogens with one attached hydrogen (secondary N) is 1. The molecule has 0 aliphatic carbocycles. The molecule has 1 N–H and O–H groups in total. The summed E-state index contributed by atoms with van der Waals surface area (Å²) in [7, 11) is 0. The van der Waals surface area contributed by atoms with Gasteiger partial charge in [-0.05, 0) is 35.9 Å². The van der Waals surface area contributed by atoms with Gasteiger partial charge >= 0.3 is 0 Å². The quantitative estimate of drug-likeness (QED) is 0.711. The second-order valence-corrected chi connectivity index (χ2v) is 7.30. The number of amides is 1.